The molecule has 1 aromatic rings. The van der Waals surface area contributed by atoms with Crippen LogP contribution in [0.5, 0.6) is 11.5 Å². The van der Waals surface area contributed by atoms with Gasteiger partial charge in [-0.25, -0.2) is 0 Å². The van der Waals surface area contributed by atoms with Gasteiger partial charge in [0, 0.05) is 13.0 Å². The summed E-state index contributed by atoms with van der Waals surface area (Å²) in [5.74, 6) is -0.337. The highest BCUT2D eigenvalue weighted by atomic mass is 35.5. The van der Waals surface area contributed by atoms with Gasteiger partial charge in [0.05, 0.1) is 25.2 Å². The van der Waals surface area contributed by atoms with E-state index in [2.05, 4.69) is 12.2 Å². The van der Waals surface area contributed by atoms with Crippen LogP contribution < -0.4 is 14.8 Å². The number of hydrogen-bond acceptors (Lipinski definition) is 4. The zero-order valence-electron chi connectivity index (χ0n) is 13.4. The fraction of sp³-hybridized carbons (Fsp3) is 0.500. The van der Waals surface area contributed by atoms with Gasteiger partial charge in [-0.3, -0.25) is 9.59 Å². The Morgan fingerprint density at radius 3 is 2.65 bits per heavy atom. The van der Waals surface area contributed by atoms with E-state index < -0.39 is 5.97 Å². The number of halogens is 1. The maximum Gasteiger partial charge on any atom is 0.303 e. The maximum absolute atomic E-state index is 11.5. The first kappa shape index (κ1) is 19.1. The molecule has 0 aromatic heterocycles. The number of aliphatic carboxylic acids is 1. The first-order chi connectivity index (χ1) is 11.0. The molecule has 0 aliphatic rings. The van der Waals surface area contributed by atoms with E-state index in [1.54, 1.807) is 12.1 Å². The van der Waals surface area contributed by atoms with E-state index in [1.807, 2.05) is 0 Å². The third kappa shape index (κ3) is 6.78. The minimum atomic E-state index is -1.00. The first-order valence-electron chi connectivity index (χ1n) is 7.45. The van der Waals surface area contributed by atoms with Crippen LogP contribution in [0.1, 0.15) is 38.2 Å². The predicted molar refractivity (Wildman–Crippen MR) is 87.1 cm³/mol. The summed E-state index contributed by atoms with van der Waals surface area (Å²) in [6.07, 6.45) is 1.68. The van der Waals surface area contributed by atoms with Crippen LogP contribution in [0.3, 0.4) is 0 Å². The van der Waals surface area contributed by atoms with Crippen LogP contribution in [0.4, 0.5) is 0 Å². The fourth-order valence-electron chi connectivity index (χ4n) is 1.84. The van der Waals surface area contributed by atoms with Gasteiger partial charge in [0.2, 0.25) is 5.91 Å². The Kier molecular flexibility index (Phi) is 8.26. The molecule has 0 radical (unpaired) electrons. The van der Waals surface area contributed by atoms with Crippen molar-refractivity contribution in [2.75, 3.05) is 13.7 Å². The topological polar surface area (TPSA) is 84.9 Å². The molecule has 0 saturated heterocycles. The second-order valence-corrected chi connectivity index (χ2v) is 5.39. The number of amides is 1. The third-order valence-electron chi connectivity index (χ3n) is 3.09. The van der Waals surface area contributed by atoms with Gasteiger partial charge in [0.25, 0.3) is 0 Å². The average Bonchev–Trinajstić information content (AvgIpc) is 2.52. The van der Waals surface area contributed by atoms with Crippen LogP contribution in [0, 0.1) is 0 Å². The van der Waals surface area contributed by atoms with Crippen molar-refractivity contribution in [3.8, 4) is 11.5 Å². The Balaban J connectivity index is 2.68. The van der Waals surface area contributed by atoms with Crippen molar-refractivity contribution in [1.82, 2.24) is 5.32 Å². The Morgan fingerprint density at radius 1 is 1.30 bits per heavy atom. The summed E-state index contributed by atoms with van der Waals surface area (Å²) >= 11 is 6.21. The molecule has 0 atom stereocenters. The SMILES string of the molecule is CCCCOc1c(Cl)cc(CNC(=O)CCC(=O)O)cc1OC. The number of rotatable bonds is 10. The molecule has 1 aromatic carbocycles. The molecule has 0 saturated carbocycles. The Bertz CT molecular complexity index is 548. The third-order valence-corrected chi connectivity index (χ3v) is 3.37. The minimum Gasteiger partial charge on any atom is -0.493 e. The molecule has 0 spiro atoms. The number of benzene rings is 1. The summed E-state index contributed by atoms with van der Waals surface area (Å²) in [5, 5.41) is 11.6. The Labute approximate surface area is 140 Å². The van der Waals surface area contributed by atoms with Crippen molar-refractivity contribution in [2.24, 2.45) is 0 Å². The molecule has 0 aliphatic carbocycles. The first-order valence-corrected chi connectivity index (χ1v) is 7.83. The van der Waals surface area contributed by atoms with Gasteiger partial charge in [-0.15, -0.1) is 0 Å². The van der Waals surface area contributed by atoms with E-state index in [-0.39, 0.29) is 25.3 Å². The minimum absolute atomic E-state index is 0.0571. The number of carbonyl (C=O) groups excluding carboxylic acids is 1. The van der Waals surface area contributed by atoms with Crippen LogP contribution in [-0.4, -0.2) is 30.7 Å². The lowest BCUT2D eigenvalue weighted by Crippen LogP contribution is -2.23. The second-order valence-electron chi connectivity index (χ2n) is 4.98. The summed E-state index contributed by atoms with van der Waals surface area (Å²) in [7, 11) is 1.52. The highest BCUT2D eigenvalue weighted by molar-refractivity contribution is 6.32. The quantitative estimate of drug-likeness (QED) is 0.638. The summed E-state index contributed by atoms with van der Waals surface area (Å²) in [6, 6.07) is 3.44. The molecule has 0 aliphatic heterocycles. The molecule has 7 heteroatoms. The van der Waals surface area contributed by atoms with Crippen molar-refractivity contribution < 1.29 is 24.2 Å². The van der Waals surface area contributed by atoms with Crippen molar-refractivity contribution in [1.29, 1.82) is 0 Å². The van der Waals surface area contributed by atoms with Gasteiger partial charge in [-0.05, 0) is 24.1 Å². The molecule has 128 valence electrons. The fourth-order valence-corrected chi connectivity index (χ4v) is 2.13. The van der Waals surface area contributed by atoms with Gasteiger partial charge in [0.1, 0.15) is 0 Å². The van der Waals surface area contributed by atoms with Crippen molar-refractivity contribution >= 4 is 23.5 Å². The average molecular weight is 344 g/mol. The van der Waals surface area contributed by atoms with Crippen molar-refractivity contribution in [3.05, 3.63) is 22.7 Å². The van der Waals surface area contributed by atoms with Crippen LogP contribution in [0.25, 0.3) is 0 Å². The zero-order valence-corrected chi connectivity index (χ0v) is 14.1. The normalized spacial score (nSPS) is 10.2. The summed E-state index contributed by atoms with van der Waals surface area (Å²) in [5.41, 5.74) is 0.748. The van der Waals surface area contributed by atoms with Gasteiger partial charge in [-0.2, -0.15) is 0 Å². The molecule has 2 N–H and O–H groups in total. The van der Waals surface area contributed by atoms with E-state index >= 15 is 0 Å². The molecule has 1 rings (SSSR count). The summed E-state index contributed by atoms with van der Waals surface area (Å²) in [6.45, 7) is 2.86. The lowest BCUT2D eigenvalue weighted by atomic mass is 10.2. The molecule has 0 unspecified atom stereocenters. The molecule has 0 fully saturated rings. The molecule has 6 nitrogen and oxygen atoms in total. The number of hydrogen-bond donors (Lipinski definition) is 2. The van der Waals surface area contributed by atoms with Gasteiger partial charge < -0.3 is 19.9 Å². The van der Waals surface area contributed by atoms with Gasteiger partial charge in [-0.1, -0.05) is 24.9 Å². The zero-order chi connectivity index (χ0) is 17.2. The highest BCUT2D eigenvalue weighted by Crippen LogP contribution is 2.36. The number of unbranched alkanes of at least 4 members (excludes halogenated alkanes) is 1. The van der Waals surface area contributed by atoms with E-state index in [0.717, 1.165) is 18.4 Å². The second kappa shape index (κ2) is 9.94. The number of nitrogens with one attached hydrogen (secondary N) is 1. The van der Waals surface area contributed by atoms with Crippen molar-refractivity contribution in [3.63, 3.8) is 0 Å². The maximum atomic E-state index is 11.5. The van der Waals surface area contributed by atoms with E-state index in [1.165, 1.54) is 7.11 Å². The summed E-state index contributed by atoms with van der Waals surface area (Å²) in [4.78, 5) is 22.0. The highest BCUT2D eigenvalue weighted by Gasteiger charge is 2.13. The Morgan fingerprint density at radius 2 is 2.04 bits per heavy atom. The van der Waals surface area contributed by atoms with Crippen LogP contribution >= 0.6 is 11.6 Å². The number of carboxylic acid groups (broad SMARTS) is 1. The lowest BCUT2D eigenvalue weighted by Gasteiger charge is -2.14. The standard InChI is InChI=1S/C16H22ClNO5/c1-3-4-7-23-16-12(17)8-11(9-13(16)22-2)10-18-14(19)5-6-15(20)21/h8-9H,3-7,10H2,1-2H3,(H,18,19)(H,20,21). The van der Waals surface area contributed by atoms with Gasteiger partial charge in [0.15, 0.2) is 11.5 Å². The largest absolute Gasteiger partial charge is 0.493 e. The monoisotopic (exact) mass is 343 g/mol. The number of methoxy groups -OCH3 is 1. The summed E-state index contributed by atoms with van der Waals surface area (Å²) < 4.78 is 10.9. The predicted octanol–water partition coefficient (Wildman–Crippen LogP) is 3.01. The number of carbonyl (C=O) groups is 2. The smallest absolute Gasteiger partial charge is 0.303 e. The van der Waals surface area contributed by atoms with E-state index in [4.69, 9.17) is 26.2 Å². The van der Waals surface area contributed by atoms with Crippen LogP contribution in [0.15, 0.2) is 12.1 Å². The molecule has 1 amide bonds. The number of ether oxygens (including phenoxy) is 2. The molecular formula is C16H22ClNO5. The molecule has 0 heterocycles. The van der Waals surface area contributed by atoms with Gasteiger partial charge >= 0.3 is 5.97 Å². The van der Waals surface area contributed by atoms with Crippen molar-refractivity contribution in [2.45, 2.75) is 39.2 Å². The van der Waals surface area contributed by atoms with E-state index in [0.29, 0.717) is 23.1 Å². The Hall–Kier alpha value is -1.95. The molecule has 23 heavy (non-hydrogen) atoms. The van der Waals surface area contributed by atoms with Crippen LogP contribution in [0.2, 0.25) is 5.02 Å². The molecular weight excluding hydrogens is 322 g/mol. The van der Waals surface area contributed by atoms with Crippen LogP contribution in [-0.2, 0) is 16.1 Å². The number of carboxylic acids is 1. The molecule has 0 bridgehead atoms. The van der Waals surface area contributed by atoms with E-state index in [9.17, 15) is 9.59 Å². The lowest BCUT2D eigenvalue weighted by molar-refractivity contribution is -0.138.